The first kappa shape index (κ1) is 8.16. The Morgan fingerprint density at radius 1 is 1.36 bits per heavy atom. The fourth-order valence-corrected chi connectivity index (χ4v) is 1.37. The zero-order valence-electron chi connectivity index (χ0n) is 5.77. The highest BCUT2D eigenvalue weighted by Crippen LogP contribution is 1.99. The molecule has 1 aromatic rings. The highest BCUT2D eigenvalue weighted by molar-refractivity contribution is 7.88. The summed E-state index contributed by atoms with van der Waals surface area (Å²) in [5, 5.41) is 4.82. The van der Waals surface area contributed by atoms with Crippen LogP contribution < -0.4 is 5.14 Å². The molecule has 0 aliphatic carbocycles. The molecule has 0 spiro atoms. The minimum Gasteiger partial charge on any atom is -0.265 e. The number of hydrogen-bond acceptors (Lipinski definition) is 3. The molecular weight excluding hydrogens is 164 g/mol. The molecule has 1 aromatic heterocycles. The molecule has 5 heteroatoms. The number of aromatic nitrogens is 1. The first-order valence-electron chi connectivity index (χ1n) is 2.97. The molecule has 60 valence electrons. The van der Waals surface area contributed by atoms with Gasteiger partial charge in [-0.15, -0.1) is 0 Å². The average Bonchev–Trinajstić information content (AvgIpc) is 1.85. The van der Waals surface area contributed by atoms with Gasteiger partial charge in [0, 0.05) is 12.4 Å². The summed E-state index contributed by atoms with van der Waals surface area (Å²) in [4.78, 5) is 3.74. The Labute approximate surface area is 65.1 Å². The molecule has 1 rings (SSSR count). The van der Waals surface area contributed by atoms with Gasteiger partial charge in [-0.1, -0.05) is 0 Å². The van der Waals surface area contributed by atoms with Crippen molar-refractivity contribution in [2.45, 2.75) is 5.75 Å². The predicted molar refractivity (Wildman–Crippen MR) is 41.0 cm³/mol. The predicted octanol–water partition coefficient (Wildman–Crippen LogP) is -0.130. The van der Waals surface area contributed by atoms with Crippen LogP contribution >= 0.6 is 0 Å². The Bertz CT molecular complexity index is 320. The molecule has 11 heavy (non-hydrogen) atoms. The van der Waals surface area contributed by atoms with Crippen molar-refractivity contribution in [1.29, 1.82) is 0 Å². The van der Waals surface area contributed by atoms with E-state index in [0.717, 1.165) is 0 Å². The summed E-state index contributed by atoms with van der Waals surface area (Å²) in [6.45, 7) is 0. The molecule has 0 unspecified atom stereocenters. The van der Waals surface area contributed by atoms with Crippen LogP contribution in [0.15, 0.2) is 24.5 Å². The Morgan fingerprint density at radius 2 is 1.91 bits per heavy atom. The van der Waals surface area contributed by atoms with Crippen LogP contribution in [0.4, 0.5) is 0 Å². The summed E-state index contributed by atoms with van der Waals surface area (Å²) in [6, 6.07) is 3.23. The molecule has 0 aromatic carbocycles. The third kappa shape index (κ3) is 3.10. The largest absolute Gasteiger partial charge is 0.265 e. The van der Waals surface area contributed by atoms with E-state index in [-0.39, 0.29) is 5.75 Å². The van der Waals surface area contributed by atoms with Gasteiger partial charge in [-0.3, -0.25) is 4.98 Å². The minimum absolute atomic E-state index is 0.129. The lowest BCUT2D eigenvalue weighted by Gasteiger charge is -1.95. The average molecular weight is 172 g/mol. The fraction of sp³-hybridized carbons (Fsp3) is 0.167. The Hall–Kier alpha value is -0.940. The van der Waals surface area contributed by atoms with Crippen LogP contribution in [0.25, 0.3) is 0 Å². The van der Waals surface area contributed by atoms with Gasteiger partial charge in [0.25, 0.3) is 0 Å². The molecule has 0 atom stereocenters. The molecule has 2 N–H and O–H groups in total. The van der Waals surface area contributed by atoms with E-state index < -0.39 is 10.0 Å². The SMILES string of the molecule is NS(=O)(=O)Cc1ccncc1. The van der Waals surface area contributed by atoms with Crippen LogP contribution in [0.5, 0.6) is 0 Å². The van der Waals surface area contributed by atoms with Crippen molar-refractivity contribution in [3.63, 3.8) is 0 Å². The van der Waals surface area contributed by atoms with Crippen LogP contribution in [0.2, 0.25) is 0 Å². The second kappa shape index (κ2) is 2.98. The highest BCUT2D eigenvalue weighted by atomic mass is 32.2. The van der Waals surface area contributed by atoms with Gasteiger partial charge in [0.15, 0.2) is 0 Å². The zero-order chi connectivity index (χ0) is 8.32. The second-order valence-electron chi connectivity index (χ2n) is 2.16. The van der Waals surface area contributed by atoms with Gasteiger partial charge in [0.05, 0.1) is 5.75 Å². The van der Waals surface area contributed by atoms with E-state index in [2.05, 4.69) is 4.98 Å². The number of hydrogen-bond donors (Lipinski definition) is 1. The van der Waals surface area contributed by atoms with Crippen molar-refractivity contribution < 1.29 is 8.42 Å². The van der Waals surface area contributed by atoms with Crippen molar-refractivity contribution in [3.05, 3.63) is 30.1 Å². The second-order valence-corrected chi connectivity index (χ2v) is 3.78. The van der Waals surface area contributed by atoms with Gasteiger partial charge in [0.2, 0.25) is 10.0 Å². The standard InChI is InChI=1S/C6H8N2O2S/c7-11(9,10)5-6-1-3-8-4-2-6/h1-4H,5H2,(H2,7,9,10). The smallest absolute Gasteiger partial charge is 0.213 e. The summed E-state index contributed by atoms with van der Waals surface area (Å²) < 4.78 is 21.1. The van der Waals surface area contributed by atoms with E-state index in [4.69, 9.17) is 5.14 Å². The summed E-state index contributed by atoms with van der Waals surface area (Å²) in [6.07, 6.45) is 3.06. The number of nitrogens with zero attached hydrogens (tertiary/aromatic N) is 1. The van der Waals surface area contributed by atoms with Crippen molar-refractivity contribution >= 4 is 10.0 Å². The van der Waals surface area contributed by atoms with Crippen molar-refractivity contribution in [2.75, 3.05) is 0 Å². The van der Waals surface area contributed by atoms with E-state index in [9.17, 15) is 8.42 Å². The highest BCUT2D eigenvalue weighted by Gasteiger charge is 2.02. The van der Waals surface area contributed by atoms with Gasteiger partial charge >= 0.3 is 0 Å². The van der Waals surface area contributed by atoms with Gasteiger partial charge in [-0.25, -0.2) is 13.6 Å². The molecule has 0 aliphatic rings. The minimum atomic E-state index is -3.40. The summed E-state index contributed by atoms with van der Waals surface area (Å²) in [5.41, 5.74) is 0.655. The number of pyridine rings is 1. The number of rotatable bonds is 2. The van der Waals surface area contributed by atoms with Crippen LogP contribution in [-0.2, 0) is 15.8 Å². The zero-order valence-corrected chi connectivity index (χ0v) is 6.58. The summed E-state index contributed by atoms with van der Waals surface area (Å²) in [7, 11) is -3.40. The molecule has 0 saturated heterocycles. The molecular formula is C6H8N2O2S. The topological polar surface area (TPSA) is 73.1 Å². The Balaban J connectivity index is 2.82. The summed E-state index contributed by atoms with van der Waals surface area (Å²) >= 11 is 0. The molecule has 0 fully saturated rings. The lowest BCUT2D eigenvalue weighted by molar-refractivity contribution is 0.597. The van der Waals surface area contributed by atoms with E-state index in [0.29, 0.717) is 5.56 Å². The van der Waals surface area contributed by atoms with Crippen molar-refractivity contribution in [2.24, 2.45) is 5.14 Å². The molecule has 1 heterocycles. The lowest BCUT2D eigenvalue weighted by Crippen LogP contribution is -2.14. The third-order valence-electron chi connectivity index (χ3n) is 1.12. The van der Waals surface area contributed by atoms with Crippen LogP contribution in [-0.4, -0.2) is 13.4 Å². The maximum Gasteiger partial charge on any atom is 0.213 e. The first-order chi connectivity index (χ1) is 5.08. The van der Waals surface area contributed by atoms with E-state index >= 15 is 0 Å². The van der Waals surface area contributed by atoms with Gasteiger partial charge < -0.3 is 0 Å². The number of nitrogens with two attached hydrogens (primary N) is 1. The van der Waals surface area contributed by atoms with E-state index in [1.807, 2.05) is 0 Å². The first-order valence-corrected chi connectivity index (χ1v) is 4.69. The molecule has 4 nitrogen and oxygen atoms in total. The molecule has 0 aliphatic heterocycles. The normalized spacial score (nSPS) is 11.4. The van der Waals surface area contributed by atoms with Gasteiger partial charge in [0.1, 0.15) is 0 Å². The monoisotopic (exact) mass is 172 g/mol. The van der Waals surface area contributed by atoms with Crippen molar-refractivity contribution in [1.82, 2.24) is 4.98 Å². The molecule has 0 amide bonds. The molecule has 0 saturated carbocycles. The Kier molecular flexibility index (Phi) is 2.21. The maximum absolute atomic E-state index is 10.6. The Morgan fingerprint density at radius 3 is 2.36 bits per heavy atom. The van der Waals surface area contributed by atoms with E-state index in [1.54, 1.807) is 12.1 Å². The third-order valence-corrected chi connectivity index (χ3v) is 1.85. The van der Waals surface area contributed by atoms with Crippen molar-refractivity contribution in [3.8, 4) is 0 Å². The quantitative estimate of drug-likeness (QED) is 0.675. The van der Waals surface area contributed by atoms with Gasteiger partial charge in [-0.05, 0) is 17.7 Å². The lowest BCUT2D eigenvalue weighted by atomic mass is 10.3. The van der Waals surface area contributed by atoms with Crippen LogP contribution in [0, 0.1) is 0 Å². The number of sulfonamides is 1. The maximum atomic E-state index is 10.6. The van der Waals surface area contributed by atoms with Crippen LogP contribution in [0.3, 0.4) is 0 Å². The van der Waals surface area contributed by atoms with E-state index in [1.165, 1.54) is 12.4 Å². The number of primary sulfonamides is 1. The fourth-order valence-electron chi connectivity index (χ4n) is 0.711. The molecule has 0 bridgehead atoms. The molecule has 0 radical (unpaired) electrons. The van der Waals surface area contributed by atoms with Crippen LogP contribution in [0.1, 0.15) is 5.56 Å². The van der Waals surface area contributed by atoms with Gasteiger partial charge in [-0.2, -0.15) is 0 Å². The summed E-state index contributed by atoms with van der Waals surface area (Å²) in [5.74, 6) is -0.129.